The van der Waals surface area contributed by atoms with Gasteiger partial charge in [-0.3, -0.25) is 4.55 Å². The van der Waals surface area contributed by atoms with E-state index in [1.807, 2.05) is 0 Å². The van der Waals surface area contributed by atoms with E-state index >= 15 is 0 Å². The average molecular weight is 332 g/mol. The predicted molar refractivity (Wildman–Crippen MR) is 74.2 cm³/mol. The van der Waals surface area contributed by atoms with E-state index in [1.54, 1.807) is 6.92 Å². The van der Waals surface area contributed by atoms with E-state index in [2.05, 4.69) is 4.74 Å². The van der Waals surface area contributed by atoms with Crippen molar-refractivity contribution in [1.29, 1.82) is 0 Å². The quantitative estimate of drug-likeness (QED) is 0.550. The molecule has 0 unspecified atom stereocenters. The molecule has 8 nitrogen and oxygen atoms in total. The SMILES string of the molecule is CCCOC(=O)c1cc(C(=O)OCCO)cc(S(=O)(=O)O)c1. The normalized spacial score (nSPS) is 11.0. The van der Waals surface area contributed by atoms with E-state index in [0.717, 1.165) is 18.2 Å². The summed E-state index contributed by atoms with van der Waals surface area (Å²) >= 11 is 0. The van der Waals surface area contributed by atoms with Gasteiger partial charge in [-0.05, 0) is 24.6 Å². The minimum Gasteiger partial charge on any atom is -0.462 e. The topological polar surface area (TPSA) is 127 Å². The van der Waals surface area contributed by atoms with E-state index in [0.29, 0.717) is 6.42 Å². The number of ether oxygens (including phenoxy) is 2. The second-order valence-corrected chi connectivity index (χ2v) is 5.64. The van der Waals surface area contributed by atoms with Crippen molar-refractivity contribution >= 4 is 22.1 Å². The van der Waals surface area contributed by atoms with Gasteiger partial charge in [0.25, 0.3) is 10.1 Å². The molecule has 0 saturated heterocycles. The van der Waals surface area contributed by atoms with Crippen molar-refractivity contribution in [3.05, 3.63) is 29.3 Å². The van der Waals surface area contributed by atoms with Crippen LogP contribution in [0, 0.1) is 0 Å². The van der Waals surface area contributed by atoms with Crippen LogP contribution >= 0.6 is 0 Å². The van der Waals surface area contributed by atoms with Crippen molar-refractivity contribution in [2.45, 2.75) is 18.2 Å². The van der Waals surface area contributed by atoms with Crippen LogP contribution in [0.5, 0.6) is 0 Å². The molecule has 1 aromatic rings. The smallest absolute Gasteiger partial charge is 0.338 e. The molecule has 0 aromatic heterocycles. The molecule has 0 saturated carbocycles. The minimum absolute atomic E-state index is 0.124. The van der Waals surface area contributed by atoms with E-state index in [4.69, 9.17) is 14.4 Å². The van der Waals surface area contributed by atoms with Crippen molar-refractivity contribution in [2.75, 3.05) is 19.8 Å². The molecule has 2 N–H and O–H groups in total. The number of esters is 2. The molecule has 0 aliphatic heterocycles. The molecule has 0 aliphatic rings. The Morgan fingerprint density at radius 2 is 1.55 bits per heavy atom. The lowest BCUT2D eigenvalue weighted by molar-refractivity contribution is 0.0433. The van der Waals surface area contributed by atoms with Gasteiger partial charge in [0.2, 0.25) is 0 Å². The largest absolute Gasteiger partial charge is 0.462 e. The van der Waals surface area contributed by atoms with E-state index in [1.165, 1.54) is 0 Å². The summed E-state index contributed by atoms with van der Waals surface area (Å²) in [7, 11) is -4.62. The Kier molecular flexibility index (Phi) is 6.47. The molecule has 1 rings (SSSR count). The Balaban J connectivity index is 3.22. The summed E-state index contributed by atoms with van der Waals surface area (Å²) in [6.07, 6.45) is 0.565. The van der Waals surface area contributed by atoms with Crippen molar-refractivity contribution in [2.24, 2.45) is 0 Å². The Bertz CT molecular complexity index is 612. The second-order valence-electron chi connectivity index (χ2n) is 4.22. The average Bonchev–Trinajstić information content (AvgIpc) is 2.48. The first-order chi connectivity index (χ1) is 10.3. The standard InChI is InChI=1S/C13H16O8S/c1-2-4-20-12(15)9-6-10(13(16)21-5-3-14)8-11(7-9)22(17,18)19/h6-8,14H,2-5H2,1H3,(H,17,18,19). The second kappa shape index (κ2) is 7.87. The summed E-state index contributed by atoms with van der Waals surface area (Å²) in [6, 6.07) is 2.86. The zero-order valence-electron chi connectivity index (χ0n) is 11.8. The maximum Gasteiger partial charge on any atom is 0.338 e. The number of hydrogen-bond donors (Lipinski definition) is 2. The van der Waals surface area contributed by atoms with Crippen molar-refractivity contribution < 1.29 is 37.1 Å². The molecule has 0 aliphatic carbocycles. The lowest BCUT2D eigenvalue weighted by Gasteiger charge is -2.08. The van der Waals surface area contributed by atoms with Crippen molar-refractivity contribution in [3.8, 4) is 0 Å². The predicted octanol–water partition coefficient (Wildman–Crippen LogP) is 0.649. The van der Waals surface area contributed by atoms with Gasteiger partial charge in [0.15, 0.2) is 0 Å². The van der Waals surface area contributed by atoms with Gasteiger partial charge in [-0.15, -0.1) is 0 Å². The number of benzene rings is 1. The van der Waals surface area contributed by atoms with Gasteiger partial charge in [0.05, 0.1) is 29.2 Å². The summed E-state index contributed by atoms with van der Waals surface area (Å²) in [5.41, 5.74) is -0.466. The van der Waals surface area contributed by atoms with Crippen LogP contribution in [0.4, 0.5) is 0 Å². The number of carbonyl (C=O) groups is 2. The van der Waals surface area contributed by atoms with Crippen LogP contribution in [-0.2, 0) is 19.6 Å². The van der Waals surface area contributed by atoms with Crippen LogP contribution in [0.15, 0.2) is 23.1 Å². The van der Waals surface area contributed by atoms with E-state index in [9.17, 15) is 18.0 Å². The fraction of sp³-hybridized carbons (Fsp3) is 0.385. The Morgan fingerprint density at radius 3 is 1.95 bits per heavy atom. The molecule has 0 fully saturated rings. The zero-order chi connectivity index (χ0) is 16.8. The molecule has 22 heavy (non-hydrogen) atoms. The molecular formula is C13H16O8S. The van der Waals surface area contributed by atoms with Crippen molar-refractivity contribution in [3.63, 3.8) is 0 Å². The van der Waals surface area contributed by atoms with Gasteiger partial charge in [-0.25, -0.2) is 9.59 Å². The maximum absolute atomic E-state index is 11.8. The first-order valence-corrected chi connectivity index (χ1v) is 7.81. The molecule has 0 amide bonds. The first kappa shape index (κ1) is 18.1. The highest BCUT2D eigenvalue weighted by molar-refractivity contribution is 7.85. The monoisotopic (exact) mass is 332 g/mol. The molecule has 0 spiro atoms. The number of rotatable bonds is 7. The summed E-state index contributed by atoms with van der Waals surface area (Å²) in [6.45, 7) is 1.21. The molecule has 0 bridgehead atoms. The number of aliphatic hydroxyl groups excluding tert-OH is 1. The van der Waals surface area contributed by atoms with Gasteiger partial charge in [0.1, 0.15) is 6.61 Å². The highest BCUT2D eigenvalue weighted by Gasteiger charge is 2.20. The molecule has 9 heteroatoms. The first-order valence-electron chi connectivity index (χ1n) is 6.37. The summed E-state index contributed by atoms with van der Waals surface area (Å²) in [4.78, 5) is 22.9. The summed E-state index contributed by atoms with van der Waals surface area (Å²) in [5.74, 6) is -1.77. The van der Waals surface area contributed by atoms with Gasteiger partial charge >= 0.3 is 11.9 Å². The van der Waals surface area contributed by atoms with Gasteiger partial charge in [-0.2, -0.15) is 8.42 Å². The van der Waals surface area contributed by atoms with Crippen LogP contribution in [0.2, 0.25) is 0 Å². The minimum atomic E-state index is -4.62. The molecular weight excluding hydrogens is 316 g/mol. The van der Waals surface area contributed by atoms with Crippen LogP contribution in [0.25, 0.3) is 0 Å². The maximum atomic E-state index is 11.8. The van der Waals surface area contributed by atoms with E-state index in [-0.39, 0.29) is 24.3 Å². The fourth-order valence-electron chi connectivity index (χ4n) is 1.48. The van der Waals surface area contributed by atoms with E-state index < -0.39 is 33.6 Å². The number of hydrogen-bond acceptors (Lipinski definition) is 7. The number of aliphatic hydroxyl groups is 1. The van der Waals surface area contributed by atoms with Gasteiger partial charge < -0.3 is 14.6 Å². The third-order valence-corrected chi connectivity index (χ3v) is 3.27. The van der Waals surface area contributed by atoms with Crippen LogP contribution < -0.4 is 0 Å². The summed E-state index contributed by atoms with van der Waals surface area (Å²) in [5, 5.41) is 8.60. The van der Waals surface area contributed by atoms with Crippen LogP contribution in [0.3, 0.4) is 0 Å². The highest BCUT2D eigenvalue weighted by Crippen LogP contribution is 2.17. The lowest BCUT2D eigenvalue weighted by atomic mass is 10.1. The van der Waals surface area contributed by atoms with Crippen LogP contribution in [0.1, 0.15) is 34.1 Å². The molecule has 0 radical (unpaired) electrons. The Labute approximate surface area is 127 Å². The molecule has 0 heterocycles. The zero-order valence-corrected chi connectivity index (χ0v) is 12.6. The molecule has 122 valence electrons. The van der Waals surface area contributed by atoms with Gasteiger partial charge in [-0.1, -0.05) is 6.92 Å². The number of carbonyl (C=O) groups excluding carboxylic acids is 2. The third kappa shape index (κ3) is 5.10. The van der Waals surface area contributed by atoms with Crippen molar-refractivity contribution in [1.82, 2.24) is 0 Å². The Morgan fingerprint density at radius 1 is 1.05 bits per heavy atom. The molecule has 0 atom stereocenters. The fourth-order valence-corrected chi connectivity index (χ4v) is 2.04. The highest BCUT2D eigenvalue weighted by atomic mass is 32.2. The third-order valence-electron chi connectivity index (χ3n) is 2.44. The van der Waals surface area contributed by atoms with Crippen LogP contribution in [-0.4, -0.2) is 49.8 Å². The lowest BCUT2D eigenvalue weighted by Crippen LogP contribution is -2.13. The molecule has 1 aromatic carbocycles. The Hall–Kier alpha value is -1.97. The van der Waals surface area contributed by atoms with Gasteiger partial charge in [0, 0.05) is 0 Å². The summed E-state index contributed by atoms with van der Waals surface area (Å²) < 4.78 is 41.0.